The van der Waals surface area contributed by atoms with Crippen LogP contribution in [0.4, 0.5) is 0 Å². The number of hydrogen-bond acceptors (Lipinski definition) is 2. The van der Waals surface area contributed by atoms with Crippen LogP contribution in [0.2, 0.25) is 0 Å². The Balaban J connectivity index is 3.61. The normalized spacial score (nSPS) is 6.57. The maximum absolute atomic E-state index is 4.75. The molecule has 0 radical (unpaired) electrons. The average molecular weight is 116 g/mol. The topological polar surface area (TPSA) is 18.5 Å². The molecule has 0 aromatic heterocycles. The number of hydrogen-bond donors (Lipinski definition) is 0. The van der Waals surface area contributed by atoms with E-state index >= 15 is 0 Å². The van der Waals surface area contributed by atoms with Crippen molar-refractivity contribution in [2.75, 3.05) is 14.2 Å². The summed E-state index contributed by atoms with van der Waals surface area (Å²) in [6.45, 7) is 3.37. The van der Waals surface area contributed by atoms with E-state index < -0.39 is 8.90 Å². The van der Waals surface area contributed by atoms with Crippen LogP contribution in [0.5, 0.6) is 0 Å². The van der Waals surface area contributed by atoms with Crippen LogP contribution < -0.4 is 0 Å². The van der Waals surface area contributed by atoms with Gasteiger partial charge in [-0.15, -0.1) is 0 Å². The molecular weight excluding hydrogens is 108 g/mol. The SMILES string of the molecule is C=C=[Si](OC)OC. The molecule has 0 unspecified atom stereocenters. The molecule has 0 heterocycles. The lowest BCUT2D eigenvalue weighted by Crippen LogP contribution is -2.07. The second-order valence-corrected chi connectivity index (χ2v) is 2.62. The first-order chi connectivity index (χ1) is 3.35. The molecule has 0 aromatic rings. The molecule has 3 heteroatoms. The third-order valence-electron chi connectivity index (χ3n) is 0.515. The second kappa shape index (κ2) is 3.65. The van der Waals surface area contributed by atoms with Crippen molar-refractivity contribution in [1.29, 1.82) is 0 Å². The molecule has 0 amide bonds. The summed E-state index contributed by atoms with van der Waals surface area (Å²) in [6, 6.07) is 0. The lowest BCUT2D eigenvalue weighted by atomic mass is 11.3. The molecule has 0 spiro atoms. The van der Waals surface area contributed by atoms with Crippen LogP contribution in [0, 0.1) is 0 Å². The first-order valence-corrected chi connectivity index (χ1v) is 3.14. The van der Waals surface area contributed by atoms with Gasteiger partial charge in [0.15, 0.2) is 0 Å². The molecule has 0 fully saturated rings. The van der Waals surface area contributed by atoms with E-state index in [1.165, 1.54) is 0 Å². The Labute approximate surface area is 44.8 Å². The van der Waals surface area contributed by atoms with Gasteiger partial charge in [0.25, 0.3) is 0 Å². The van der Waals surface area contributed by atoms with Crippen molar-refractivity contribution in [3.05, 3.63) is 6.58 Å². The van der Waals surface area contributed by atoms with Crippen LogP contribution in [-0.2, 0) is 8.85 Å². The van der Waals surface area contributed by atoms with Gasteiger partial charge in [0.05, 0.1) is 14.2 Å². The van der Waals surface area contributed by atoms with Crippen molar-refractivity contribution in [3.8, 4) is 0 Å². The van der Waals surface area contributed by atoms with Crippen molar-refractivity contribution in [2.24, 2.45) is 0 Å². The Morgan fingerprint density at radius 2 is 1.86 bits per heavy atom. The molecule has 0 rings (SSSR count). The first-order valence-electron chi connectivity index (χ1n) is 1.83. The Morgan fingerprint density at radius 1 is 1.43 bits per heavy atom. The highest BCUT2D eigenvalue weighted by atomic mass is 28.3. The Kier molecular flexibility index (Phi) is 3.37. The van der Waals surface area contributed by atoms with Crippen LogP contribution in [0.15, 0.2) is 6.58 Å². The van der Waals surface area contributed by atoms with Gasteiger partial charge >= 0.3 is 8.90 Å². The van der Waals surface area contributed by atoms with Gasteiger partial charge in [0, 0.05) is 0 Å². The summed E-state index contributed by atoms with van der Waals surface area (Å²) >= 11 is 0. The van der Waals surface area contributed by atoms with Crippen LogP contribution in [-0.4, -0.2) is 28.4 Å². The molecule has 0 aliphatic rings. The van der Waals surface area contributed by atoms with Crippen molar-refractivity contribution in [1.82, 2.24) is 0 Å². The highest BCUT2D eigenvalue weighted by Gasteiger charge is 1.90. The Morgan fingerprint density at radius 3 is 1.86 bits per heavy atom. The van der Waals surface area contributed by atoms with E-state index in [2.05, 4.69) is 11.9 Å². The van der Waals surface area contributed by atoms with Crippen molar-refractivity contribution in [2.45, 2.75) is 0 Å². The van der Waals surface area contributed by atoms with Gasteiger partial charge in [-0.1, -0.05) is 11.9 Å². The van der Waals surface area contributed by atoms with Crippen LogP contribution >= 0.6 is 0 Å². The van der Waals surface area contributed by atoms with Gasteiger partial charge in [-0.25, -0.2) is 0 Å². The predicted octanol–water partition coefficient (Wildman–Crippen LogP) is -0.0638. The zero-order valence-corrected chi connectivity index (χ0v) is 5.52. The standard InChI is InChI=1S/C4H8O2Si/c1-4-7(5-2)6-3/h1H2,2-3H3. The van der Waals surface area contributed by atoms with Crippen LogP contribution in [0.1, 0.15) is 0 Å². The number of rotatable bonds is 2. The van der Waals surface area contributed by atoms with Gasteiger partial charge in [-0.3, -0.25) is 0 Å². The van der Waals surface area contributed by atoms with Gasteiger partial charge in [-0.05, 0) is 0 Å². The molecule has 0 aliphatic carbocycles. The predicted molar refractivity (Wildman–Crippen MR) is 30.4 cm³/mol. The summed E-state index contributed by atoms with van der Waals surface area (Å²) < 4.78 is 9.51. The van der Waals surface area contributed by atoms with Crippen molar-refractivity contribution in [3.63, 3.8) is 0 Å². The van der Waals surface area contributed by atoms with E-state index in [0.717, 1.165) is 0 Å². The fraction of sp³-hybridized carbons (Fsp3) is 0.500. The molecule has 2 nitrogen and oxygen atoms in total. The quantitative estimate of drug-likeness (QED) is 0.470. The van der Waals surface area contributed by atoms with Gasteiger partial charge < -0.3 is 8.85 Å². The second-order valence-electron chi connectivity index (χ2n) is 0.872. The highest BCUT2D eigenvalue weighted by Crippen LogP contribution is 1.65. The fourth-order valence-corrected chi connectivity index (χ4v) is 0.683. The van der Waals surface area contributed by atoms with Crippen LogP contribution in [0.25, 0.3) is 0 Å². The smallest absolute Gasteiger partial charge is 0.521 e. The maximum Gasteiger partial charge on any atom is 0.539 e. The molecule has 0 saturated heterocycles. The van der Waals surface area contributed by atoms with Gasteiger partial charge in [-0.2, -0.15) is 0 Å². The zero-order chi connectivity index (χ0) is 5.70. The lowest BCUT2D eigenvalue weighted by molar-refractivity contribution is 0.303. The summed E-state index contributed by atoms with van der Waals surface area (Å²) in [5.41, 5.74) is 0. The highest BCUT2D eigenvalue weighted by molar-refractivity contribution is 6.52. The van der Waals surface area contributed by atoms with Gasteiger partial charge in [0.2, 0.25) is 0 Å². The van der Waals surface area contributed by atoms with E-state index in [-0.39, 0.29) is 0 Å². The average Bonchev–Trinajstić information content (AvgIpc) is 1.72. The molecular formula is C4H8O2Si. The van der Waals surface area contributed by atoms with E-state index in [1.54, 1.807) is 14.2 Å². The summed E-state index contributed by atoms with van der Waals surface area (Å²) in [5, 5.41) is 2.61. The van der Waals surface area contributed by atoms with E-state index in [1.807, 2.05) is 0 Å². The molecule has 7 heavy (non-hydrogen) atoms. The van der Waals surface area contributed by atoms with E-state index in [4.69, 9.17) is 8.85 Å². The third-order valence-corrected chi connectivity index (χ3v) is 1.55. The minimum absolute atomic E-state index is 1.22. The summed E-state index contributed by atoms with van der Waals surface area (Å²) in [4.78, 5) is 0. The summed E-state index contributed by atoms with van der Waals surface area (Å²) in [7, 11) is 1.93. The Hall–Kier alpha value is -0.533. The Bertz CT molecular complexity index is 87.9. The minimum atomic E-state index is -1.22. The van der Waals surface area contributed by atoms with E-state index in [0.29, 0.717) is 0 Å². The molecule has 0 N–H and O–H groups in total. The fourth-order valence-electron chi connectivity index (χ4n) is 0.228. The zero-order valence-electron chi connectivity index (χ0n) is 4.52. The monoisotopic (exact) mass is 116 g/mol. The van der Waals surface area contributed by atoms with Crippen LogP contribution in [0.3, 0.4) is 0 Å². The molecule has 0 aliphatic heterocycles. The molecule has 0 aromatic carbocycles. The van der Waals surface area contributed by atoms with Crippen molar-refractivity contribution >= 4 is 14.2 Å². The molecule has 0 saturated carbocycles. The molecule has 40 valence electrons. The molecule has 0 bridgehead atoms. The van der Waals surface area contributed by atoms with E-state index in [9.17, 15) is 0 Å². The lowest BCUT2D eigenvalue weighted by Gasteiger charge is -1.94. The minimum Gasteiger partial charge on any atom is -0.521 e. The third kappa shape index (κ3) is 2.20. The first kappa shape index (κ1) is 6.47. The van der Waals surface area contributed by atoms with Gasteiger partial charge in [0.1, 0.15) is 0 Å². The maximum atomic E-state index is 4.75. The summed E-state index contributed by atoms with van der Waals surface area (Å²) in [5.74, 6) is 0. The summed E-state index contributed by atoms with van der Waals surface area (Å²) in [6.07, 6.45) is 0. The molecule has 0 atom stereocenters. The van der Waals surface area contributed by atoms with Crippen molar-refractivity contribution < 1.29 is 8.85 Å². The largest absolute Gasteiger partial charge is 0.539 e.